The van der Waals surface area contributed by atoms with E-state index in [2.05, 4.69) is 24.4 Å². The molecule has 96 valence electrons. The summed E-state index contributed by atoms with van der Waals surface area (Å²) in [6.45, 7) is 4.51. The second kappa shape index (κ2) is 8.09. The van der Waals surface area contributed by atoms with Gasteiger partial charge in [0.15, 0.2) is 0 Å². The monoisotopic (exact) mass is 256 g/mol. The van der Waals surface area contributed by atoms with Gasteiger partial charge in [0.05, 0.1) is 0 Å². The smallest absolute Gasteiger partial charge is 0.221 e. The van der Waals surface area contributed by atoms with Gasteiger partial charge < -0.3 is 11.1 Å². The van der Waals surface area contributed by atoms with E-state index in [0.29, 0.717) is 13.0 Å². The van der Waals surface area contributed by atoms with Gasteiger partial charge in [-0.25, -0.2) is 0 Å². The molecule has 0 radical (unpaired) electrons. The van der Waals surface area contributed by atoms with E-state index in [1.165, 1.54) is 11.1 Å². The molecule has 0 aromatic heterocycles. The summed E-state index contributed by atoms with van der Waals surface area (Å²) >= 11 is 0. The van der Waals surface area contributed by atoms with Crippen LogP contribution in [0.25, 0.3) is 0 Å². The lowest BCUT2D eigenvalue weighted by atomic mass is 10.0. The Labute approximate surface area is 109 Å². The minimum Gasteiger partial charge on any atom is -0.353 e. The number of rotatable bonds is 5. The molecule has 1 aromatic carbocycles. The minimum absolute atomic E-state index is 0. The van der Waals surface area contributed by atoms with E-state index in [-0.39, 0.29) is 24.4 Å². The van der Waals surface area contributed by atoms with Crippen LogP contribution in [0.2, 0.25) is 0 Å². The summed E-state index contributed by atoms with van der Waals surface area (Å²) in [5.41, 5.74) is 7.87. The zero-order valence-electron chi connectivity index (χ0n) is 10.4. The summed E-state index contributed by atoms with van der Waals surface area (Å²) in [6, 6.07) is 8.39. The molecule has 3 nitrogen and oxygen atoms in total. The fourth-order valence-corrected chi connectivity index (χ4v) is 1.70. The molecule has 1 unspecified atom stereocenters. The van der Waals surface area contributed by atoms with Crippen molar-refractivity contribution < 1.29 is 4.79 Å². The summed E-state index contributed by atoms with van der Waals surface area (Å²) < 4.78 is 0. The van der Waals surface area contributed by atoms with E-state index in [9.17, 15) is 4.79 Å². The van der Waals surface area contributed by atoms with Crippen LogP contribution >= 0.6 is 12.4 Å². The number of nitrogens with one attached hydrogen (secondary N) is 1. The van der Waals surface area contributed by atoms with Crippen LogP contribution in [-0.4, -0.2) is 18.5 Å². The van der Waals surface area contributed by atoms with Crippen LogP contribution in [0.1, 0.15) is 24.5 Å². The number of carbonyl (C=O) groups is 1. The van der Waals surface area contributed by atoms with Crippen LogP contribution < -0.4 is 11.1 Å². The van der Waals surface area contributed by atoms with Gasteiger partial charge in [0.25, 0.3) is 0 Å². The number of aryl methyl sites for hydroxylation is 1. The maximum atomic E-state index is 11.3. The molecule has 17 heavy (non-hydrogen) atoms. The second-order valence-electron chi connectivity index (χ2n) is 4.14. The third kappa shape index (κ3) is 5.71. The molecule has 4 heteroatoms. The Morgan fingerprint density at radius 2 is 2.06 bits per heavy atom. The van der Waals surface area contributed by atoms with Crippen molar-refractivity contribution in [3.8, 4) is 0 Å². The van der Waals surface area contributed by atoms with Gasteiger partial charge in [-0.1, -0.05) is 24.3 Å². The summed E-state index contributed by atoms with van der Waals surface area (Å²) in [7, 11) is 0. The van der Waals surface area contributed by atoms with E-state index in [0.717, 1.165) is 6.42 Å². The van der Waals surface area contributed by atoms with E-state index in [4.69, 9.17) is 5.73 Å². The molecule has 0 aliphatic heterocycles. The van der Waals surface area contributed by atoms with Crippen molar-refractivity contribution in [2.45, 2.75) is 32.7 Å². The Hall–Kier alpha value is -1.06. The molecule has 0 heterocycles. The van der Waals surface area contributed by atoms with Crippen LogP contribution in [0.4, 0.5) is 0 Å². The predicted octanol–water partition coefficient (Wildman–Crippen LogP) is 1.81. The van der Waals surface area contributed by atoms with Gasteiger partial charge in [-0.2, -0.15) is 0 Å². The predicted molar refractivity (Wildman–Crippen MR) is 73.4 cm³/mol. The van der Waals surface area contributed by atoms with E-state index in [1.54, 1.807) is 0 Å². The average molecular weight is 257 g/mol. The largest absolute Gasteiger partial charge is 0.353 e. The van der Waals surface area contributed by atoms with Gasteiger partial charge in [0, 0.05) is 19.0 Å². The Bertz CT molecular complexity index is 355. The quantitative estimate of drug-likeness (QED) is 0.844. The Morgan fingerprint density at radius 1 is 1.41 bits per heavy atom. The maximum Gasteiger partial charge on any atom is 0.221 e. The zero-order valence-corrected chi connectivity index (χ0v) is 11.2. The molecule has 1 rings (SSSR count). The fraction of sp³-hybridized carbons (Fsp3) is 0.462. The molecule has 1 amide bonds. The number of hydrogen-bond acceptors (Lipinski definition) is 2. The van der Waals surface area contributed by atoms with Crippen molar-refractivity contribution >= 4 is 18.3 Å². The van der Waals surface area contributed by atoms with Crippen molar-refractivity contribution in [3.63, 3.8) is 0 Å². The molecule has 0 aliphatic carbocycles. The number of amides is 1. The van der Waals surface area contributed by atoms with Gasteiger partial charge in [-0.05, 0) is 31.4 Å². The molecule has 3 N–H and O–H groups in total. The topological polar surface area (TPSA) is 55.1 Å². The van der Waals surface area contributed by atoms with Crippen molar-refractivity contribution in [1.82, 2.24) is 5.32 Å². The summed E-state index contributed by atoms with van der Waals surface area (Å²) in [5.74, 6) is 0.0311. The summed E-state index contributed by atoms with van der Waals surface area (Å²) in [4.78, 5) is 11.3. The number of nitrogens with two attached hydrogens (primary N) is 1. The third-order valence-corrected chi connectivity index (χ3v) is 2.57. The average Bonchev–Trinajstić information content (AvgIpc) is 2.21. The Balaban J connectivity index is 0.00000256. The van der Waals surface area contributed by atoms with E-state index < -0.39 is 0 Å². The van der Waals surface area contributed by atoms with E-state index in [1.807, 2.05) is 19.1 Å². The number of hydrogen-bond donors (Lipinski definition) is 2. The van der Waals surface area contributed by atoms with E-state index >= 15 is 0 Å². The molecule has 0 fully saturated rings. The highest BCUT2D eigenvalue weighted by Gasteiger charge is 2.08. The molecule has 0 saturated heterocycles. The number of carbonyl (C=O) groups excluding carboxylic acids is 1. The van der Waals surface area contributed by atoms with Gasteiger partial charge in [-0.3, -0.25) is 4.79 Å². The number of benzene rings is 1. The first-order valence-electron chi connectivity index (χ1n) is 5.67. The van der Waals surface area contributed by atoms with Gasteiger partial charge >= 0.3 is 0 Å². The van der Waals surface area contributed by atoms with Crippen LogP contribution in [0.3, 0.4) is 0 Å². The van der Waals surface area contributed by atoms with Crippen LogP contribution in [0.15, 0.2) is 24.3 Å². The first-order chi connectivity index (χ1) is 7.63. The van der Waals surface area contributed by atoms with Crippen LogP contribution in [0.5, 0.6) is 0 Å². The van der Waals surface area contributed by atoms with Gasteiger partial charge in [0.1, 0.15) is 0 Å². The highest BCUT2D eigenvalue weighted by molar-refractivity contribution is 5.85. The molecule has 1 aromatic rings. The first kappa shape index (κ1) is 15.9. The standard InChI is InChI=1S/C13H20N2O.ClH/c1-10-5-3-4-6-12(10)9-11(2)15-13(16)7-8-14;/h3-6,11H,7-9,14H2,1-2H3,(H,15,16);1H. The molecular formula is C13H21ClN2O. The highest BCUT2D eigenvalue weighted by atomic mass is 35.5. The van der Waals surface area contributed by atoms with Crippen LogP contribution in [-0.2, 0) is 11.2 Å². The number of halogens is 1. The third-order valence-electron chi connectivity index (χ3n) is 2.57. The normalized spacial score (nSPS) is 11.5. The summed E-state index contributed by atoms with van der Waals surface area (Å²) in [6.07, 6.45) is 1.26. The highest BCUT2D eigenvalue weighted by Crippen LogP contribution is 2.09. The molecular weight excluding hydrogens is 236 g/mol. The molecule has 0 bridgehead atoms. The Kier molecular flexibility index (Phi) is 7.59. The van der Waals surface area contributed by atoms with Gasteiger partial charge in [0.2, 0.25) is 5.91 Å². The maximum absolute atomic E-state index is 11.3. The molecule has 0 spiro atoms. The van der Waals surface area contributed by atoms with Crippen molar-refractivity contribution in [2.24, 2.45) is 5.73 Å². The molecule has 0 saturated carbocycles. The lowest BCUT2D eigenvalue weighted by Gasteiger charge is -2.15. The minimum atomic E-state index is 0. The van der Waals surface area contributed by atoms with Crippen molar-refractivity contribution in [2.75, 3.05) is 6.54 Å². The zero-order chi connectivity index (χ0) is 12.0. The fourth-order valence-electron chi connectivity index (χ4n) is 1.70. The lowest BCUT2D eigenvalue weighted by molar-refractivity contribution is -0.121. The van der Waals surface area contributed by atoms with Gasteiger partial charge in [-0.15, -0.1) is 12.4 Å². The molecule has 0 aliphatic rings. The first-order valence-corrected chi connectivity index (χ1v) is 5.67. The van der Waals surface area contributed by atoms with Crippen molar-refractivity contribution in [1.29, 1.82) is 0 Å². The second-order valence-corrected chi connectivity index (χ2v) is 4.14. The van der Waals surface area contributed by atoms with Crippen LogP contribution in [0, 0.1) is 6.92 Å². The van der Waals surface area contributed by atoms with Crippen molar-refractivity contribution in [3.05, 3.63) is 35.4 Å². The molecule has 1 atom stereocenters. The lowest BCUT2D eigenvalue weighted by Crippen LogP contribution is -2.35. The summed E-state index contributed by atoms with van der Waals surface area (Å²) in [5, 5.41) is 2.94. The Morgan fingerprint density at radius 3 is 2.65 bits per heavy atom. The SMILES string of the molecule is Cc1ccccc1CC(C)NC(=O)CCN.Cl.